The van der Waals surface area contributed by atoms with Gasteiger partial charge in [0.05, 0.1) is 5.56 Å². The van der Waals surface area contributed by atoms with Crippen molar-refractivity contribution in [3.05, 3.63) is 28.4 Å². The monoisotopic (exact) mass is 120 g/mol. The number of nitrogens with zero attached hydrogens (tertiary/aromatic N) is 1. The van der Waals surface area contributed by atoms with E-state index in [0.29, 0.717) is 5.56 Å². The van der Waals surface area contributed by atoms with Crippen LogP contribution < -0.4 is 5.69 Å². The topological polar surface area (TPSA) is 45.8 Å². The average Bonchev–Trinajstić information content (AvgIpc) is 1.90. The largest absolute Gasteiger partial charge is 0.344 e. The van der Waals surface area contributed by atoms with E-state index in [-0.39, 0.29) is 5.69 Å². The molecule has 0 unspecified atom stereocenters. The fraction of sp³-hybridized carbons (Fsp3) is 0. The molecule has 0 saturated heterocycles. The van der Waals surface area contributed by atoms with Crippen molar-refractivity contribution >= 4 is 0 Å². The Labute approximate surface area is 51.8 Å². The minimum atomic E-state index is -0.381. The first-order chi connectivity index (χ1) is 4.33. The third-order valence-corrected chi connectivity index (χ3v) is 0.839. The van der Waals surface area contributed by atoms with E-state index >= 15 is 0 Å². The maximum atomic E-state index is 10.3. The van der Waals surface area contributed by atoms with Crippen molar-refractivity contribution in [2.45, 2.75) is 0 Å². The summed E-state index contributed by atoms with van der Waals surface area (Å²) in [6.45, 7) is 0. The molecule has 0 aliphatic heterocycles. The van der Waals surface area contributed by atoms with Crippen LogP contribution in [0.3, 0.4) is 0 Å². The zero-order chi connectivity index (χ0) is 6.69. The van der Waals surface area contributed by atoms with Gasteiger partial charge in [-0.1, -0.05) is 5.92 Å². The first-order valence-electron chi connectivity index (χ1n) is 2.34. The van der Waals surface area contributed by atoms with Crippen LogP contribution in [0.1, 0.15) is 5.56 Å². The molecule has 0 spiro atoms. The Morgan fingerprint density at radius 3 is 3.00 bits per heavy atom. The molecule has 0 aliphatic carbocycles. The lowest BCUT2D eigenvalue weighted by Gasteiger charge is -1.82. The molecule has 0 aliphatic rings. The van der Waals surface area contributed by atoms with Crippen LogP contribution in [0.2, 0.25) is 0 Å². The maximum absolute atomic E-state index is 10.3. The average molecular weight is 120 g/mol. The Morgan fingerprint density at radius 2 is 2.56 bits per heavy atom. The van der Waals surface area contributed by atoms with Gasteiger partial charge in [0.25, 0.3) is 0 Å². The van der Waals surface area contributed by atoms with E-state index in [1.807, 2.05) is 0 Å². The van der Waals surface area contributed by atoms with Gasteiger partial charge in [-0.15, -0.1) is 6.42 Å². The standard InChI is InChI=1S/C6H4N2O/c1-2-5-3-7-6(9)8-4-5/h1,3-4H,(H,7,8,9). The highest BCUT2D eigenvalue weighted by Crippen LogP contribution is 1.83. The molecule has 0 fully saturated rings. The first kappa shape index (κ1) is 5.57. The summed E-state index contributed by atoms with van der Waals surface area (Å²) in [5, 5.41) is 0. The minimum absolute atomic E-state index is 0.381. The summed E-state index contributed by atoms with van der Waals surface area (Å²) in [6.07, 6.45) is 7.77. The number of aromatic amines is 1. The summed E-state index contributed by atoms with van der Waals surface area (Å²) in [4.78, 5) is 16.0. The molecule has 3 heteroatoms. The quantitative estimate of drug-likeness (QED) is 0.480. The van der Waals surface area contributed by atoms with Crippen molar-refractivity contribution in [3.63, 3.8) is 0 Å². The fourth-order valence-corrected chi connectivity index (χ4v) is 0.421. The second-order valence-corrected chi connectivity index (χ2v) is 1.45. The van der Waals surface area contributed by atoms with Crippen molar-refractivity contribution in [1.82, 2.24) is 9.97 Å². The summed E-state index contributed by atoms with van der Waals surface area (Å²) in [7, 11) is 0. The molecule has 1 N–H and O–H groups in total. The van der Waals surface area contributed by atoms with Gasteiger partial charge in [-0.05, 0) is 0 Å². The Morgan fingerprint density at radius 1 is 1.78 bits per heavy atom. The number of nitrogens with one attached hydrogen (secondary N) is 1. The van der Waals surface area contributed by atoms with Gasteiger partial charge in [0, 0.05) is 12.4 Å². The molecule has 0 atom stereocenters. The van der Waals surface area contributed by atoms with E-state index in [0.717, 1.165) is 0 Å². The van der Waals surface area contributed by atoms with E-state index in [1.54, 1.807) is 0 Å². The molecule has 0 radical (unpaired) electrons. The van der Waals surface area contributed by atoms with Gasteiger partial charge >= 0.3 is 5.69 Å². The highest BCUT2D eigenvalue weighted by atomic mass is 16.1. The third kappa shape index (κ3) is 1.16. The van der Waals surface area contributed by atoms with E-state index < -0.39 is 0 Å². The molecule has 1 heterocycles. The number of H-pyrrole nitrogens is 1. The molecular weight excluding hydrogens is 116 g/mol. The second-order valence-electron chi connectivity index (χ2n) is 1.45. The lowest BCUT2D eigenvalue weighted by molar-refractivity contribution is 1.07. The molecule has 44 valence electrons. The van der Waals surface area contributed by atoms with Crippen molar-refractivity contribution in [1.29, 1.82) is 0 Å². The number of aromatic nitrogens is 2. The van der Waals surface area contributed by atoms with Gasteiger partial charge in [-0.25, -0.2) is 9.78 Å². The molecule has 3 nitrogen and oxygen atoms in total. The van der Waals surface area contributed by atoms with Gasteiger partial charge in [0.1, 0.15) is 0 Å². The van der Waals surface area contributed by atoms with Crippen LogP contribution in [0.25, 0.3) is 0 Å². The number of hydrogen-bond acceptors (Lipinski definition) is 2. The van der Waals surface area contributed by atoms with Crippen LogP contribution in [0, 0.1) is 12.3 Å². The van der Waals surface area contributed by atoms with E-state index in [4.69, 9.17) is 6.42 Å². The fourth-order valence-electron chi connectivity index (χ4n) is 0.421. The number of hydrogen-bond donors (Lipinski definition) is 1. The van der Waals surface area contributed by atoms with Crippen LogP contribution in [0.4, 0.5) is 0 Å². The Bertz CT molecular complexity index is 274. The molecule has 0 saturated carbocycles. The lowest BCUT2D eigenvalue weighted by Crippen LogP contribution is -2.07. The summed E-state index contributed by atoms with van der Waals surface area (Å²) in [6, 6.07) is 0. The molecule has 0 amide bonds. The van der Waals surface area contributed by atoms with Crippen LogP contribution in [-0.4, -0.2) is 9.97 Å². The van der Waals surface area contributed by atoms with Crippen molar-refractivity contribution in [3.8, 4) is 12.3 Å². The van der Waals surface area contributed by atoms with Crippen LogP contribution in [0.15, 0.2) is 17.2 Å². The van der Waals surface area contributed by atoms with Gasteiger partial charge in [0.15, 0.2) is 0 Å². The van der Waals surface area contributed by atoms with Gasteiger partial charge in [0.2, 0.25) is 0 Å². The number of terminal acetylenes is 1. The Kier molecular flexibility index (Phi) is 1.32. The highest BCUT2D eigenvalue weighted by molar-refractivity contribution is 5.24. The van der Waals surface area contributed by atoms with Crippen molar-refractivity contribution < 1.29 is 0 Å². The van der Waals surface area contributed by atoms with Gasteiger partial charge in [-0.3, -0.25) is 0 Å². The second kappa shape index (κ2) is 2.14. The highest BCUT2D eigenvalue weighted by Gasteiger charge is 1.83. The molecule has 1 aromatic heterocycles. The van der Waals surface area contributed by atoms with Gasteiger partial charge < -0.3 is 4.98 Å². The van der Waals surface area contributed by atoms with Crippen molar-refractivity contribution in [2.24, 2.45) is 0 Å². The maximum Gasteiger partial charge on any atom is 0.344 e. The summed E-state index contributed by atoms with van der Waals surface area (Å²) in [5.74, 6) is 2.32. The zero-order valence-corrected chi connectivity index (χ0v) is 4.59. The number of rotatable bonds is 0. The predicted octanol–water partition coefficient (Wildman–Crippen LogP) is -0.249. The lowest BCUT2D eigenvalue weighted by atomic mass is 10.4. The molecule has 0 bridgehead atoms. The molecule has 1 rings (SSSR count). The summed E-state index contributed by atoms with van der Waals surface area (Å²) >= 11 is 0. The smallest absolute Gasteiger partial charge is 0.311 e. The SMILES string of the molecule is C#Cc1cnc(=O)[nH]c1. The summed E-state index contributed by atoms with van der Waals surface area (Å²) in [5.41, 5.74) is 0.198. The summed E-state index contributed by atoms with van der Waals surface area (Å²) < 4.78 is 0. The first-order valence-corrected chi connectivity index (χ1v) is 2.34. The Balaban J connectivity index is 3.21. The Hall–Kier alpha value is -1.56. The molecule has 9 heavy (non-hydrogen) atoms. The van der Waals surface area contributed by atoms with Crippen molar-refractivity contribution in [2.75, 3.05) is 0 Å². The molecule has 0 aromatic carbocycles. The van der Waals surface area contributed by atoms with E-state index in [9.17, 15) is 4.79 Å². The molecule has 1 aromatic rings. The van der Waals surface area contributed by atoms with E-state index in [1.165, 1.54) is 12.4 Å². The minimum Gasteiger partial charge on any atom is -0.311 e. The van der Waals surface area contributed by atoms with Crippen LogP contribution in [-0.2, 0) is 0 Å². The van der Waals surface area contributed by atoms with Crippen LogP contribution >= 0.6 is 0 Å². The third-order valence-electron chi connectivity index (χ3n) is 0.839. The van der Waals surface area contributed by atoms with Gasteiger partial charge in [-0.2, -0.15) is 0 Å². The molecular formula is C6H4N2O. The van der Waals surface area contributed by atoms with Crippen LogP contribution in [0.5, 0.6) is 0 Å². The predicted molar refractivity (Wildman–Crippen MR) is 32.8 cm³/mol. The zero-order valence-electron chi connectivity index (χ0n) is 4.59. The van der Waals surface area contributed by atoms with E-state index in [2.05, 4.69) is 15.9 Å². The normalized spacial score (nSPS) is 8.33.